The SMILES string of the molecule is CC1(C)c2ccccc2-c2ccc(N(c3ccc(-c4ccc5c(c4)c4ccccc4n5-c4ccccc4)cc3)c3cccc(-c4cccc(-c5cccc6ccccc56)c4)c3)cc21. The van der Waals surface area contributed by atoms with Crippen molar-refractivity contribution < 1.29 is 0 Å². The predicted molar refractivity (Wildman–Crippen MR) is 267 cm³/mol. The van der Waals surface area contributed by atoms with Gasteiger partial charge in [0.2, 0.25) is 0 Å². The van der Waals surface area contributed by atoms with Crippen LogP contribution in [0, 0.1) is 0 Å². The molecule has 2 nitrogen and oxygen atoms in total. The van der Waals surface area contributed by atoms with Gasteiger partial charge in [-0.15, -0.1) is 0 Å². The molecule has 2 heteroatoms. The van der Waals surface area contributed by atoms with Gasteiger partial charge in [0.15, 0.2) is 0 Å². The zero-order valence-electron chi connectivity index (χ0n) is 35.3. The fraction of sp³-hybridized carbons (Fsp3) is 0.0492. The molecule has 0 aliphatic heterocycles. The Balaban J connectivity index is 0.967. The summed E-state index contributed by atoms with van der Waals surface area (Å²) < 4.78 is 2.37. The first-order chi connectivity index (χ1) is 31.0. The number of fused-ring (bicyclic) bond motifs is 7. The van der Waals surface area contributed by atoms with Crippen LogP contribution in [-0.2, 0) is 5.41 Å². The average molecular weight is 805 g/mol. The van der Waals surface area contributed by atoms with Gasteiger partial charge in [-0.05, 0) is 139 Å². The molecule has 11 aromatic rings. The van der Waals surface area contributed by atoms with E-state index >= 15 is 0 Å². The molecule has 0 unspecified atom stereocenters. The Kier molecular flexibility index (Phi) is 8.55. The number of hydrogen-bond acceptors (Lipinski definition) is 1. The molecule has 0 spiro atoms. The molecule has 12 rings (SSSR count). The molecule has 63 heavy (non-hydrogen) atoms. The van der Waals surface area contributed by atoms with Crippen molar-refractivity contribution in [2.75, 3.05) is 4.90 Å². The third kappa shape index (κ3) is 6.09. The van der Waals surface area contributed by atoms with Gasteiger partial charge >= 0.3 is 0 Å². The van der Waals surface area contributed by atoms with E-state index in [1.54, 1.807) is 0 Å². The zero-order chi connectivity index (χ0) is 42.1. The van der Waals surface area contributed by atoms with Crippen LogP contribution in [0.4, 0.5) is 17.1 Å². The van der Waals surface area contributed by atoms with E-state index in [-0.39, 0.29) is 5.41 Å². The van der Waals surface area contributed by atoms with E-state index in [1.165, 1.54) is 93.9 Å². The first kappa shape index (κ1) is 36.9. The van der Waals surface area contributed by atoms with Crippen LogP contribution < -0.4 is 4.90 Å². The van der Waals surface area contributed by atoms with Crippen LogP contribution >= 0.6 is 0 Å². The molecule has 0 radical (unpaired) electrons. The molecule has 0 N–H and O–H groups in total. The maximum Gasteiger partial charge on any atom is 0.0541 e. The van der Waals surface area contributed by atoms with Gasteiger partial charge in [0.05, 0.1) is 11.0 Å². The maximum absolute atomic E-state index is 2.43. The Bertz CT molecular complexity index is 3530. The van der Waals surface area contributed by atoms with E-state index in [0.717, 1.165) is 17.1 Å². The summed E-state index contributed by atoms with van der Waals surface area (Å²) >= 11 is 0. The van der Waals surface area contributed by atoms with Crippen molar-refractivity contribution in [1.29, 1.82) is 0 Å². The van der Waals surface area contributed by atoms with Crippen molar-refractivity contribution in [2.24, 2.45) is 0 Å². The van der Waals surface area contributed by atoms with Gasteiger partial charge in [0.1, 0.15) is 0 Å². The molecule has 1 heterocycles. The summed E-state index contributed by atoms with van der Waals surface area (Å²) in [5, 5.41) is 5.02. The summed E-state index contributed by atoms with van der Waals surface area (Å²) in [6, 6.07) is 84.6. The van der Waals surface area contributed by atoms with Crippen molar-refractivity contribution in [3.8, 4) is 50.2 Å². The highest BCUT2D eigenvalue weighted by atomic mass is 15.1. The summed E-state index contributed by atoms with van der Waals surface area (Å²) in [5.41, 5.74) is 19.4. The Morgan fingerprint density at radius 1 is 0.333 bits per heavy atom. The lowest BCUT2D eigenvalue weighted by Crippen LogP contribution is -2.16. The highest BCUT2D eigenvalue weighted by Crippen LogP contribution is 2.51. The van der Waals surface area contributed by atoms with Crippen LogP contribution in [0.3, 0.4) is 0 Å². The second kappa shape index (κ2) is 14.6. The fourth-order valence-electron chi connectivity index (χ4n) is 10.3. The Labute approximate surface area is 368 Å². The number of rotatable bonds is 7. The second-order valence-electron chi connectivity index (χ2n) is 17.4. The minimum Gasteiger partial charge on any atom is -0.310 e. The minimum absolute atomic E-state index is 0.121. The molecule has 0 saturated heterocycles. The summed E-state index contributed by atoms with van der Waals surface area (Å²) in [6.07, 6.45) is 0. The zero-order valence-corrected chi connectivity index (χ0v) is 35.3. The normalized spacial score (nSPS) is 12.7. The van der Waals surface area contributed by atoms with Gasteiger partial charge in [-0.25, -0.2) is 0 Å². The number of hydrogen-bond donors (Lipinski definition) is 0. The summed E-state index contributed by atoms with van der Waals surface area (Å²) in [7, 11) is 0. The number of aromatic nitrogens is 1. The predicted octanol–water partition coefficient (Wildman–Crippen LogP) is 16.7. The Morgan fingerprint density at radius 2 is 0.921 bits per heavy atom. The third-order valence-electron chi connectivity index (χ3n) is 13.4. The lowest BCUT2D eigenvalue weighted by atomic mass is 9.82. The van der Waals surface area contributed by atoms with E-state index in [0.29, 0.717) is 0 Å². The molecule has 0 amide bonds. The van der Waals surface area contributed by atoms with Crippen molar-refractivity contribution in [1.82, 2.24) is 4.57 Å². The van der Waals surface area contributed by atoms with Gasteiger partial charge < -0.3 is 9.47 Å². The number of nitrogens with zero attached hydrogens (tertiary/aromatic N) is 2. The second-order valence-corrected chi connectivity index (χ2v) is 17.4. The van der Waals surface area contributed by atoms with Gasteiger partial charge in [0.25, 0.3) is 0 Å². The van der Waals surface area contributed by atoms with Crippen LogP contribution in [0.1, 0.15) is 25.0 Å². The quantitative estimate of drug-likeness (QED) is 0.156. The minimum atomic E-state index is -0.121. The lowest BCUT2D eigenvalue weighted by Gasteiger charge is -2.28. The van der Waals surface area contributed by atoms with Gasteiger partial charge in [0, 0.05) is 38.9 Å². The highest BCUT2D eigenvalue weighted by molar-refractivity contribution is 6.10. The molecule has 0 saturated carbocycles. The van der Waals surface area contributed by atoms with Crippen LogP contribution in [0.2, 0.25) is 0 Å². The van der Waals surface area contributed by atoms with E-state index < -0.39 is 0 Å². The molecular formula is C61H44N2. The van der Waals surface area contributed by atoms with Crippen molar-refractivity contribution in [3.05, 3.63) is 242 Å². The monoisotopic (exact) mass is 804 g/mol. The average Bonchev–Trinajstić information content (AvgIpc) is 3.79. The molecular weight excluding hydrogens is 761 g/mol. The Morgan fingerprint density at radius 3 is 1.79 bits per heavy atom. The van der Waals surface area contributed by atoms with Crippen LogP contribution in [0.5, 0.6) is 0 Å². The first-order valence-electron chi connectivity index (χ1n) is 21.9. The topological polar surface area (TPSA) is 8.17 Å². The summed E-state index contributed by atoms with van der Waals surface area (Å²) in [6.45, 7) is 4.72. The first-order valence-corrected chi connectivity index (χ1v) is 21.9. The Hall–Kier alpha value is -7.94. The molecule has 10 aromatic carbocycles. The van der Waals surface area contributed by atoms with Crippen LogP contribution in [0.15, 0.2) is 231 Å². The van der Waals surface area contributed by atoms with E-state index in [9.17, 15) is 0 Å². The summed E-state index contributed by atoms with van der Waals surface area (Å²) in [5.74, 6) is 0. The standard InChI is InChI=1S/C61H44N2/c1-61(2)57-27-10-8-24-53(57)54-35-34-50(40-58(54)61)62(49-22-13-18-44(38-49)43-17-12-19-46(37-43)52-26-14-16-42-15-6-7-23-51(42)52)48-32-29-41(30-33-48)45-31-36-60-56(39-45)55-25-9-11-28-59(55)63(60)47-20-4-3-5-21-47/h3-40H,1-2H3. The van der Waals surface area contributed by atoms with E-state index in [2.05, 4.69) is 254 Å². The van der Waals surface area contributed by atoms with E-state index in [4.69, 9.17) is 0 Å². The van der Waals surface area contributed by atoms with Crippen LogP contribution in [0.25, 0.3) is 82.8 Å². The van der Waals surface area contributed by atoms with Gasteiger partial charge in [-0.1, -0.05) is 172 Å². The van der Waals surface area contributed by atoms with Crippen molar-refractivity contribution in [2.45, 2.75) is 19.3 Å². The number of benzene rings is 10. The van der Waals surface area contributed by atoms with Gasteiger partial charge in [-0.3, -0.25) is 0 Å². The van der Waals surface area contributed by atoms with E-state index in [1.807, 2.05) is 0 Å². The molecule has 0 bridgehead atoms. The van der Waals surface area contributed by atoms with Crippen LogP contribution in [-0.4, -0.2) is 4.57 Å². The third-order valence-corrected chi connectivity index (χ3v) is 13.4. The lowest BCUT2D eigenvalue weighted by molar-refractivity contribution is 0.660. The largest absolute Gasteiger partial charge is 0.310 e. The maximum atomic E-state index is 2.43. The summed E-state index contributed by atoms with van der Waals surface area (Å²) in [4.78, 5) is 2.43. The smallest absolute Gasteiger partial charge is 0.0541 e. The molecule has 1 aromatic heterocycles. The highest BCUT2D eigenvalue weighted by Gasteiger charge is 2.35. The van der Waals surface area contributed by atoms with Gasteiger partial charge in [-0.2, -0.15) is 0 Å². The number of anilines is 3. The number of para-hydroxylation sites is 2. The molecule has 0 atom stereocenters. The van der Waals surface area contributed by atoms with Crippen molar-refractivity contribution in [3.63, 3.8) is 0 Å². The molecule has 0 fully saturated rings. The van der Waals surface area contributed by atoms with Crippen molar-refractivity contribution >= 4 is 49.6 Å². The molecule has 1 aliphatic rings. The molecule has 1 aliphatic carbocycles. The molecule has 298 valence electrons. The fourth-order valence-corrected chi connectivity index (χ4v) is 10.3.